The standard InChI is InChI=1S/C40H54N8O3/c1-8-13-40(7,9-2)14-12-37(49)41-15-16-46-17-19-47(20-18-46)36-11-10-30(24-42-36)31-22-32(34-26-44-48(27(3)4)35(34)23-31)38(50)43-25-33-28(5)21-29(6)45-39(33)51/h8,10-11,21-24,26-27H,1,9,12-20,25H2,2-7H3,(H,41,49)(H,43,50)(H,45,51). The highest BCUT2D eigenvalue weighted by Gasteiger charge is 2.23. The maximum absolute atomic E-state index is 13.7. The zero-order chi connectivity index (χ0) is 36.7. The minimum Gasteiger partial charge on any atom is -0.355 e. The molecule has 0 spiro atoms. The molecule has 4 heterocycles. The third-order valence-electron chi connectivity index (χ3n) is 10.3. The van der Waals surface area contributed by atoms with E-state index >= 15 is 0 Å². The van der Waals surface area contributed by atoms with E-state index in [1.54, 1.807) is 6.20 Å². The molecule has 272 valence electrons. The molecule has 3 aromatic heterocycles. The number of benzene rings is 1. The number of fused-ring (bicyclic) bond motifs is 1. The fraction of sp³-hybridized carbons (Fsp3) is 0.475. The lowest BCUT2D eigenvalue weighted by Gasteiger charge is -2.35. The fourth-order valence-corrected chi connectivity index (χ4v) is 6.85. The molecule has 3 N–H and O–H groups in total. The summed E-state index contributed by atoms with van der Waals surface area (Å²) in [5.41, 5.74) is 5.23. The lowest BCUT2D eigenvalue weighted by atomic mass is 9.80. The minimum absolute atomic E-state index is 0.0994. The average molecular weight is 695 g/mol. The van der Waals surface area contributed by atoms with Gasteiger partial charge in [0.15, 0.2) is 0 Å². The molecule has 1 unspecified atom stereocenters. The van der Waals surface area contributed by atoms with Gasteiger partial charge in [0.25, 0.3) is 11.5 Å². The maximum atomic E-state index is 13.7. The topological polar surface area (TPSA) is 128 Å². The van der Waals surface area contributed by atoms with Gasteiger partial charge in [-0.25, -0.2) is 4.98 Å². The van der Waals surface area contributed by atoms with Gasteiger partial charge in [0, 0.05) is 86.7 Å². The summed E-state index contributed by atoms with van der Waals surface area (Å²) >= 11 is 0. The minimum atomic E-state index is -0.269. The number of nitrogens with zero attached hydrogens (tertiary/aromatic N) is 5. The molecule has 1 atom stereocenters. The van der Waals surface area contributed by atoms with E-state index in [0.717, 1.165) is 91.1 Å². The summed E-state index contributed by atoms with van der Waals surface area (Å²) in [6.45, 7) is 21.2. The lowest BCUT2D eigenvalue weighted by molar-refractivity contribution is -0.121. The van der Waals surface area contributed by atoms with Gasteiger partial charge in [-0.05, 0) is 87.4 Å². The van der Waals surface area contributed by atoms with Crippen molar-refractivity contribution < 1.29 is 9.59 Å². The summed E-state index contributed by atoms with van der Waals surface area (Å²) < 4.78 is 1.92. The number of H-pyrrole nitrogens is 1. The number of rotatable bonds is 15. The van der Waals surface area contributed by atoms with Crippen molar-refractivity contribution in [2.24, 2.45) is 5.41 Å². The number of anilines is 1. The van der Waals surface area contributed by atoms with Crippen LogP contribution in [0.15, 0.2) is 60.2 Å². The summed E-state index contributed by atoms with van der Waals surface area (Å²) in [4.78, 5) is 51.0. The first kappa shape index (κ1) is 37.5. The summed E-state index contributed by atoms with van der Waals surface area (Å²) in [5.74, 6) is 0.765. The van der Waals surface area contributed by atoms with E-state index in [0.29, 0.717) is 24.1 Å². The van der Waals surface area contributed by atoms with Crippen LogP contribution in [0.3, 0.4) is 0 Å². The average Bonchev–Trinajstić information content (AvgIpc) is 3.55. The van der Waals surface area contributed by atoms with E-state index < -0.39 is 0 Å². The van der Waals surface area contributed by atoms with Crippen molar-refractivity contribution in [3.8, 4) is 11.1 Å². The molecule has 1 aliphatic heterocycles. The highest BCUT2D eigenvalue weighted by Crippen LogP contribution is 2.32. The van der Waals surface area contributed by atoms with Crippen LogP contribution in [0.25, 0.3) is 22.0 Å². The molecule has 51 heavy (non-hydrogen) atoms. The number of aromatic amines is 1. The van der Waals surface area contributed by atoms with Crippen molar-refractivity contribution >= 4 is 28.5 Å². The van der Waals surface area contributed by atoms with E-state index in [1.165, 1.54) is 0 Å². The number of pyridine rings is 2. The smallest absolute Gasteiger partial charge is 0.253 e. The van der Waals surface area contributed by atoms with Crippen molar-refractivity contribution in [1.82, 2.24) is 35.3 Å². The second-order valence-electron chi connectivity index (χ2n) is 14.5. The monoisotopic (exact) mass is 694 g/mol. The molecule has 1 aromatic carbocycles. The predicted octanol–water partition coefficient (Wildman–Crippen LogP) is 5.93. The quantitative estimate of drug-likeness (QED) is 0.132. The predicted molar refractivity (Wildman–Crippen MR) is 205 cm³/mol. The van der Waals surface area contributed by atoms with Gasteiger partial charge in [-0.2, -0.15) is 5.10 Å². The number of nitrogens with one attached hydrogen (secondary N) is 3. The second kappa shape index (κ2) is 16.5. The molecular weight excluding hydrogens is 640 g/mol. The van der Waals surface area contributed by atoms with Crippen LogP contribution in [0.4, 0.5) is 5.82 Å². The number of aryl methyl sites for hydroxylation is 2. The van der Waals surface area contributed by atoms with Gasteiger partial charge in [0.1, 0.15) is 5.82 Å². The van der Waals surface area contributed by atoms with Gasteiger partial charge in [-0.3, -0.25) is 24.0 Å². The highest BCUT2D eigenvalue weighted by molar-refractivity contribution is 6.08. The van der Waals surface area contributed by atoms with E-state index in [2.05, 4.69) is 76.9 Å². The molecule has 0 bridgehead atoms. The van der Waals surface area contributed by atoms with E-state index in [9.17, 15) is 14.4 Å². The molecule has 1 saturated heterocycles. The Morgan fingerprint density at radius 2 is 1.82 bits per heavy atom. The van der Waals surface area contributed by atoms with Gasteiger partial charge in [-0.15, -0.1) is 6.58 Å². The zero-order valence-electron chi connectivity index (χ0n) is 31.1. The lowest BCUT2D eigenvalue weighted by Crippen LogP contribution is -2.48. The summed E-state index contributed by atoms with van der Waals surface area (Å²) in [5, 5.41) is 11.4. The Morgan fingerprint density at radius 3 is 2.47 bits per heavy atom. The van der Waals surface area contributed by atoms with Crippen molar-refractivity contribution in [3.63, 3.8) is 0 Å². The molecule has 4 aromatic rings. The number of allylic oxidation sites excluding steroid dienone is 1. The van der Waals surface area contributed by atoms with Gasteiger partial charge >= 0.3 is 0 Å². The van der Waals surface area contributed by atoms with E-state index in [4.69, 9.17) is 4.98 Å². The third kappa shape index (κ3) is 9.13. The van der Waals surface area contributed by atoms with E-state index in [-0.39, 0.29) is 35.4 Å². The Labute approximate surface area is 301 Å². The number of carbonyl (C=O) groups excluding carboxylic acids is 2. The maximum Gasteiger partial charge on any atom is 0.253 e. The van der Waals surface area contributed by atoms with Gasteiger partial charge in [-0.1, -0.05) is 26.3 Å². The number of hydrogen-bond acceptors (Lipinski definition) is 7. The van der Waals surface area contributed by atoms with Crippen LogP contribution in [0.1, 0.15) is 86.6 Å². The first-order valence-corrected chi connectivity index (χ1v) is 18.2. The number of amides is 2. The van der Waals surface area contributed by atoms with Crippen LogP contribution >= 0.6 is 0 Å². The number of piperazine rings is 1. The summed E-state index contributed by atoms with van der Waals surface area (Å²) in [7, 11) is 0. The van der Waals surface area contributed by atoms with Crippen LogP contribution in [0.5, 0.6) is 0 Å². The third-order valence-corrected chi connectivity index (χ3v) is 10.3. The fourth-order valence-electron chi connectivity index (χ4n) is 6.85. The Balaban J connectivity index is 1.21. The second-order valence-corrected chi connectivity index (χ2v) is 14.5. The summed E-state index contributed by atoms with van der Waals surface area (Å²) in [6, 6.07) is 10.0. The molecule has 11 nitrogen and oxygen atoms in total. The molecule has 0 aliphatic carbocycles. The Bertz CT molecular complexity index is 1900. The van der Waals surface area contributed by atoms with Crippen LogP contribution < -0.4 is 21.1 Å². The normalized spacial score (nSPS) is 14.8. The van der Waals surface area contributed by atoms with Crippen molar-refractivity contribution in [3.05, 3.63) is 88.1 Å². The van der Waals surface area contributed by atoms with E-state index in [1.807, 2.05) is 49.0 Å². The first-order valence-electron chi connectivity index (χ1n) is 18.2. The van der Waals surface area contributed by atoms with Gasteiger partial charge in [0.2, 0.25) is 5.91 Å². The molecule has 0 saturated carbocycles. The molecule has 2 amide bonds. The zero-order valence-corrected chi connectivity index (χ0v) is 31.1. The largest absolute Gasteiger partial charge is 0.355 e. The van der Waals surface area contributed by atoms with Gasteiger partial charge in [0.05, 0.1) is 17.3 Å². The van der Waals surface area contributed by atoms with Crippen LogP contribution in [0.2, 0.25) is 0 Å². The molecule has 0 radical (unpaired) electrons. The van der Waals surface area contributed by atoms with Crippen LogP contribution in [-0.4, -0.2) is 75.7 Å². The number of aromatic nitrogens is 4. The summed E-state index contributed by atoms with van der Waals surface area (Å²) in [6.07, 6.45) is 8.94. The van der Waals surface area contributed by atoms with Crippen molar-refractivity contribution in [2.75, 3.05) is 44.2 Å². The molecular formula is C40H54N8O3. The highest BCUT2D eigenvalue weighted by atomic mass is 16.2. The van der Waals surface area contributed by atoms with Crippen molar-refractivity contribution in [2.45, 2.75) is 79.8 Å². The number of hydrogen-bond donors (Lipinski definition) is 3. The molecule has 11 heteroatoms. The molecule has 1 fully saturated rings. The Kier molecular flexibility index (Phi) is 12.1. The SMILES string of the molecule is C=CCC(C)(CC)CCC(=O)NCCN1CCN(c2ccc(-c3cc(C(=O)NCc4c(C)cc(C)[nH]c4=O)c4cnn(C(C)C)c4c3)cn2)CC1. The Hall–Kier alpha value is -4.77. The first-order chi connectivity index (χ1) is 24.4. The van der Waals surface area contributed by atoms with Crippen molar-refractivity contribution in [1.29, 1.82) is 0 Å². The Morgan fingerprint density at radius 1 is 1.06 bits per heavy atom. The molecule has 1 aliphatic rings. The number of carbonyl (C=O) groups is 2. The van der Waals surface area contributed by atoms with Crippen LogP contribution in [-0.2, 0) is 11.3 Å². The van der Waals surface area contributed by atoms with Gasteiger partial charge < -0.3 is 20.5 Å². The van der Waals surface area contributed by atoms with Crippen LogP contribution in [0, 0.1) is 19.3 Å². The molecule has 5 rings (SSSR count).